The predicted octanol–water partition coefficient (Wildman–Crippen LogP) is 2.56. The summed E-state index contributed by atoms with van der Waals surface area (Å²) in [5, 5.41) is 8.29. The maximum atomic E-state index is 8.29. The highest BCUT2D eigenvalue weighted by atomic mass is 17.1. The largest absolute Gasteiger partial charge is 0.377 e. The van der Waals surface area contributed by atoms with E-state index in [0.717, 1.165) is 19.4 Å². The van der Waals surface area contributed by atoms with Gasteiger partial charge in [-0.05, 0) is 24.2 Å². The van der Waals surface area contributed by atoms with Crippen LogP contribution in [0.25, 0.3) is 0 Å². The summed E-state index contributed by atoms with van der Waals surface area (Å²) in [7, 11) is 0. The minimum Gasteiger partial charge on any atom is -0.377 e. The van der Waals surface area contributed by atoms with Gasteiger partial charge in [-0.25, -0.2) is 4.89 Å². The van der Waals surface area contributed by atoms with Crippen molar-refractivity contribution in [2.24, 2.45) is 17.8 Å². The van der Waals surface area contributed by atoms with Crippen LogP contribution in [0.15, 0.2) is 0 Å². The van der Waals surface area contributed by atoms with Crippen molar-refractivity contribution in [3.63, 3.8) is 0 Å². The van der Waals surface area contributed by atoms with Gasteiger partial charge in [0.05, 0.1) is 19.3 Å². The third-order valence-corrected chi connectivity index (χ3v) is 3.55. The van der Waals surface area contributed by atoms with Crippen LogP contribution in [0, 0.1) is 17.8 Å². The number of hydrogen-bond acceptors (Lipinski definition) is 3. The molecule has 0 saturated carbocycles. The summed E-state index contributed by atoms with van der Waals surface area (Å²) in [6.07, 6.45) is 2.45. The Hall–Kier alpha value is -0.120. The molecule has 84 valence electrons. The first-order valence-electron chi connectivity index (χ1n) is 5.58. The molecule has 1 aliphatic rings. The topological polar surface area (TPSA) is 38.7 Å². The van der Waals surface area contributed by atoms with Crippen LogP contribution in [-0.4, -0.2) is 24.6 Å². The molecule has 1 aliphatic heterocycles. The number of rotatable bonds is 5. The molecule has 0 radical (unpaired) electrons. The highest BCUT2D eigenvalue weighted by molar-refractivity contribution is 4.83. The molecule has 3 nitrogen and oxygen atoms in total. The molecule has 0 amide bonds. The van der Waals surface area contributed by atoms with Gasteiger partial charge in [-0.1, -0.05) is 27.2 Å². The zero-order chi connectivity index (χ0) is 10.6. The molecule has 1 N–H and O–H groups in total. The Labute approximate surface area is 86.3 Å². The number of hydrogen-bond donors (Lipinski definition) is 1. The van der Waals surface area contributed by atoms with Gasteiger partial charge >= 0.3 is 0 Å². The van der Waals surface area contributed by atoms with E-state index >= 15 is 0 Å². The quantitative estimate of drug-likeness (QED) is 0.550. The van der Waals surface area contributed by atoms with Crippen LogP contribution in [0.2, 0.25) is 0 Å². The fourth-order valence-electron chi connectivity index (χ4n) is 2.27. The van der Waals surface area contributed by atoms with E-state index in [1.54, 1.807) is 0 Å². The van der Waals surface area contributed by atoms with Gasteiger partial charge in [0.2, 0.25) is 0 Å². The van der Waals surface area contributed by atoms with Crippen molar-refractivity contribution in [3.8, 4) is 0 Å². The first-order valence-corrected chi connectivity index (χ1v) is 5.58. The zero-order valence-corrected chi connectivity index (χ0v) is 9.40. The average Bonchev–Trinajstić information content (AvgIpc) is 2.56. The van der Waals surface area contributed by atoms with Gasteiger partial charge in [-0.15, -0.1) is 0 Å². The van der Waals surface area contributed by atoms with Crippen LogP contribution < -0.4 is 0 Å². The summed E-state index contributed by atoms with van der Waals surface area (Å²) in [5.74, 6) is 1.76. The molecule has 0 aromatic heterocycles. The molecule has 1 rings (SSSR count). The third kappa shape index (κ3) is 2.69. The lowest BCUT2D eigenvalue weighted by Crippen LogP contribution is -2.24. The maximum absolute atomic E-state index is 8.29. The van der Waals surface area contributed by atoms with E-state index in [0.29, 0.717) is 30.5 Å². The predicted molar refractivity (Wildman–Crippen MR) is 55.0 cm³/mol. The Kier molecular flexibility index (Phi) is 4.85. The Morgan fingerprint density at radius 2 is 2.29 bits per heavy atom. The normalized spacial score (nSPS) is 34.7. The van der Waals surface area contributed by atoms with Crippen LogP contribution in [-0.2, 0) is 9.62 Å². The standard InChI is InChI=1S/C11H22O3/c1-4-8(2)11-9(3)10(7-13-11)5-6-14-12/h8-12H,4-7H2,1-3H3/t8?,9-,10+,11?/m0/s1. The van der Waals surface area contributed by atoms with Gasteiger partial charge in [0, 0.05) is 0 Å². The molecule has 0 bridgehead atoms. The molecule has 14 heavy (non-hydrogen) atoms. The lowest BCUT2D eigenvalue weighted by Gasteiger charge is -2.23. The Bertz CT molecular complexity index is 161. The number of ether oxygens (including phenoxy) is 1. The molecule has 1 saturated heterocycles. The molecular weight excluding hydrogens is 180 g/mol. The minimum absolute atomic E-state index is 0.392. The molecule has 2 unspecified atom stereocenters. The van der Waals surface area contributed by atoms with Crippen LogP contribution in [0.1, 0.15) is 33.6 Å². The summed E-state index contributed by atoms with van der Waals surface area (Å²) in [6.45, 7) is 7.92. The van der Waals surface area contributed by atoms with Crippen LogP contribution in [0.3, 0.4) is 0 Å². The Balaban J connectivity index is 2.38. The monoisotopic (exact) mass is 202 g/mol. The summed E-state index contributed by atoms with van der Waals surface area (Å²) in [5.41, 5.74) is 0. The van der Waals surface area contributed by atoms with Gasteiger partial charge in [0.1, 0.15) is 0 Å². The van der Waals surface area contributed by atoms with Crippen molar-refractivity contribution in [1.82, 2.24) is 0 Å². The average molecular weight is 202 g/mol. The van der Waals surface area contributed by atoms with E-state index in [9.17, 15) is 0 Å². The fraction of sp³-hybridized carbons (Fsp3) is 1.00. The van der Waals surface area contributed by atoms with Gasteiger partial charge in [-0.2, -0.15) is 0 Å². The van der Waals surface area contributed by atoms with E-state index < -0.39 is 0 Å². The van der Waals surface area contributed by atoms with Crippen molar-refractivity contribution >= 4 is 0 Å². The molecule has 1 fully saturated rings. The highest BCUT2D eigenvalue weighted by Gasteiger charge is 2.35. The van der Waals surface area contributed by atoms with Crippen LogP contribution in [0.4, 0.5) is 0 Å². The molecule has 0 aromatic rings. The molecule has 0 aliphatic carbocycles. The summed E-state index contributed by atoms with van der Waals surface area (Å²) in [4.78, 5) is 4.12. The molecule has 0 aromatic carbocycles. The first-order chi connectivity index (χ1) is 6.70. The first kappa shape index (κ1) is 12.0. The van der Waals surface area contributed by atoms with E-state index in [2.05, 4.69) is 25.7 Å². The zero-order valence-electron chi connectivity index (χ0n) is 9.40. The lowest BCUT2D eigenvalue weighted by molar-refractivity contribution is -0.244. The Morgan fingerprint density at radius 1 is 1.57 bits per heavy atom. The second kappa shape index (κ2) is 5.69. The van der Waals surface area contributed by atoms with Crippen LogP contribution in [0.5, 0.6) is 0 Å². The van der Waals surface area contributed by atoms with E-state index in [4.69, 9.17) is 9.99 Å². The summed E-state index contributed by atoms with van der Waals surface area (Å²) < 4.78 is 5.79. The van der Waals surface area contributed by atoms with Crippen molar-refractivity contribution in [2.45, 2.75) is 39.7 Å². The van der Waals surface area contributed by atoms with Gasteiger partial charge < -0.3 is 4.74 Å². The molecular formula is C11H22O3. The summed E-state index contributed by atoms with van der Waals surface area (Å²) in [6, 6.07) is 0. The molecule has 3 heteroatoms. The van der Waals surface area contributed by atoms with E-state index in [1.165, 1.54) is 0 Å². The smallest absolute Gasteiger partial charge is 0.0823 e. The second-order valence-electron chi connectivity index (χ2n) is 4.42. The van der Waals surface area contributed by atoms with Gasteiger partial charge in [-0.3, -0.25) is 5.26 Å². The van der Waals surface area contributed by atoms with Crippen LogP contribution >= 0.6 is 0 Å². The molecule has 1 heterocycles. The van der Waals surface area contributed by atoms with Crippen molar-refractivity contribution in [1.29, 1.82) is 0 Å². The molecule has 0 spiro atoms. The minimum atomic E-state index is 0.392. The third-order valence-electron chi connectivity index (χ3n) is 3.55. The van der Waals surface area contributed by atoms with E-state index in [1.807, 2.05) is 0 Å². The van der Waals surface area contributed by atoms with Crippen molar-refractivity contribution in [3.05, 3.63) is 0 Å². The van der Waals surface area contributed by atoms with Crippen molar-refractivity contribution < 1.29 is 14.9 Å². The van der Waals surface area contributed by atoms with E-state index in [-0.39, 0.29) is 0 Å². The highest BCUT2D eigenvalue weighted by Crippen LogP contribution is 2.34. The van der Waals surface area contributed by atoms with Gasteiger partial charge in [0.15, 0.2) is 0 Å². The maximum Gasteiger partial charge on any atom is 0.0823 e. The van der Waals surface area contributed by atoms with Gasteiger partial charge in [0.25, 0.3) is 0 Å². The molecule has 4 atom stereocenters. The Morgan fingerprint density at radius 3 is 2.86 bits per heavy atom. The second-order valence-corrected chi connectivity index (χ2v) is 4.42. The summed E-state index contributed by atoms with van der Waals surface area (Å²) >= 11 is 0. The SMILES string of the molecule is CCC(C)C1OC[C@@H](CCOO)[C@@H]1C. The fourth-order valence-corrected chi connectivity index (χ4v) is 2.27. The lowest BCUT2D eigenvalue weighted by atomic mass is 9.84. The van der Waals surface area contributed by atoms with Crippen molar-refractivity contribution in [2.75, 3.05) is 13.2 Å².